The van der Waals surface area contributed by atoms with Crippen molar-refractivity contribution in [2.45, 2.75) is 6.54 Å². The van der Waals surface area contributed by atoms with Gasteiger partial charge in [0.05, 0.1) is 17.3 Å². The molecule has 1 aromatic carbocycles. The van der Waals surface area contributed by atoms with Crippen molar-refractivity contribution < 1.29 is 0 Å². The molecule has 0 spiro atoms. The molecule has 1 aromatic heterocycles. The molecular formula is C11H9BrClN3. The monoisotopic (exact) mass is 297 g/mol. The minimum atomic E-state index is 0.653. The van der Waals surface area contributed by atoms with Gasteiger partial charge in [0.1, 0.15) is 6.33 Å². The second-order valence-electron chi connectivity index (χ2n) is 3.18. The lowest BCUT2D eigenvalue weighted by Crippen LogP contribution is -2.01. The van der Waals surface area contributed by atoms with Gasteiger partial charge in [-0.2, -0.15) is 0 Å². The number of nitrogens with zero attached hydrogens (tertiary/aromatic N) is 2. The molecule has 16 heavy (non-hydrogen) atoms. The molecule has 0 aliphatic carbocycles. The molecule has 0 saturated heterocycles. The van der Waals surface area contributed by atoms with Crippen LogP contribution < -0.4 is 5.32 Å². The van der Waals surface area contributed by atoms with Crippen molar-refractivity contribution in [3.63, 3.8) is 0 Å². The first kappa shape index (κ1) is 11.4. The first-order valence-electron chi connectivity index (χ1n) is 4.69. The Labute approximate surface area is 107 Å². The quantitative estimate of drug-likeness (QED) is 0.942. The van der Waals surface area contributed by atoms with E-state index in [1.807, 2.05) is 24.3 Å². The van der Waals surface area contributed by atoms with Crippen LogP contribution in [-0.2, 0) is 6.54 Å². The fourth-order valence-corrected chi connectivity index (χ4v) is 1.65. The SMILES string of the molecule is Clc1cc(NCc2ccncn2)ccc1Br. The summed E-state index contributed by atoms with van der Waals surface area (Å²) in [4.78, 5) is 7.98. The second-order valence-corrected chi connectivity index (χ2v) is 4.44. The van der Waals surface area contributed by atoms with Crippen LogP contribution in [0.25, 0.3) is 0 Å². The summed E-state index contributed by atoms with van der Waals surface area (Å²) in [7, 11) is 0. The number of hydrogen-bond acceptors (Lipinski definition) is 3. The van der Waals surface area contributed by atoms with Crippen molar-refractivity contribution in [3.8, 4) is 0 Å². The van der Waals surface area contributed by atoms with E-state index in [1.165, 1.54) is 6.33 Å². The van der Waals surface area contributed by atoms with Crippen LogP contribution >= 0.6 is 27.5 Å². The van der Waals surface area contributed by atoms with E-state index in [2.05, 4.69) is 31.2 Å². The number of nitrogens with one attached hydrogen (secondary N) is 1. The highest BCUT2D eigenvalue weighted by Gasteiger charge is 1.99. The molecule has 82 valence electrons. The van der Waals surface area contributed by atoms with E-state index in [0.717, 1.165) is 15.9 Å². The van der Waals surface area contributed by atoms with Crippen molar-refractivity contribution in [2.75, 3.05) is 5.32 Å². The molecule has 0 unspecified atom stereocenters. The molecule has 2 rings (SSSR count). The zero-order chi connectivity index (χ0) is 11.4. The van der Waals surface area contributed by atoms with Crippen molar-refractivity contribution in [2.24, 2.45) is 0 Å². The third kappa shape index (κ3) is 2.93. The Morgan fingerprint density at radius 1 is 1.31 bits per heavy atom. The fraction of sp³-hybridized carbons (Fsp3) is 0.0909. The van der Waals surface area contributed by atoms with Gasteiger partial charge in [-0.1, -0.05) is 11.6 Å². The zero-order valence-corrected chi connectivity index (χ0v) is 10.7. The normalized spacial score (nSPS) is 10.1. The Bertz CT molecular complexity index is 476. The molecule has 3 nitrogen and oxygen atoms in total. The largest absolute Gasteiger partial charge is 0.379 e. The third-order valence-corrected chi connectivity index (χ3v) is 3.27. The average molecular weight is 299 g/mol. The first-order valence-corrected chi connectivity index (χ1v) is 5.86. The topological polar surface area (TPSA) is 37.8 Å². The lowest BCUT2D eigenvalue weighted by Gasteiger charge is -2.06. The highest BCUT2D eigenvalue weighted by molar-refractivity contribution is 9.10. The summed E-state index contributed by atoms with van der Waals surface area (Å²) in [5.41, 5.74) is 1.90. The van der Waals surface area contributed by atoms with Crippen molar-refractivity contribution in [1.82, 2.24) is 9.97 Å². The molecule has 0 saturated carbocycles. The highest BCUT2D eigenvalue weighted by Crippen LogP contribution is 2.25. The first-order chi connectivity index (χ1) is 7.75. The molecule has 5 heteroatoms. The van der Waals surface area contributed by atoms with Crippen LogP contribution in [-0.4, -0.2) is 9.97 Å². The lowest BCUT2D eigenvalue weighted by atomic mass is 10.3. The maximum absolute atomic E-state index is 5.98. The smallest absolute Gasteiger partial charge is 0.115 e. The molecule has 0 fully saturated rings. The van der Waals surface area contributed by atoms with E-state index in [-0.39, 0.29) is 0 Å². The van der Waals surface area contributed by atoms with E-state index in [4.69, 9.17) is 11.6 Å². The van der Waals surface area contributed by atoms with Gasteiger partial charge in [-0.25, -0.2) is 9.97 Å². The van der Waals surface area contributed by atoms with Crippen molar-refractivity contribution in [3.05, 3.63) is 52.0 Å². The van der Waals surface area contributed by atoms with Gasteiger partial charge in [-0.15, -0.1) is 0 Å². The fourth-order valence-electron chi connectivity index (χ4n) is 1.22. The van der Waals surface area contributed by atoms with Gasteiger partial charge in [-0.05, 0) is 40.2 Å². The number of rotatable bonds is 3. The molecule has 0 aliphatic rings. The second kappa shape index (κ2) is 5.27. The van der Waals surface area contributed by atoms with Gasteiger partial charge in [0.2, 0.25) is 0 Å². The van der Waals surface area contributed by atoms with Gasteiger partial charge in [0, 0.05) is 16.4 Å². The zero-order valence-electron chi connectivity index (χ0n) is 8.32. The van der Waals surface area contributed by atoms with Gasteiger partial charge >= 0.3 is 0 Å². The predicted octanol–water partition coefficient (Wildman–Crippen LogP) is 3.50. The van der Waals surface area contributed by atoms with Crippen LogP contribution in [0, 0.1) is 0 Å². The Morgan fingerprint density at radius 3 is 2.88 bits per heavy atom. The van der Waals surface area contributed by atoms with E-state index < -0.39 is 0 Å². The van der Waals surface area contributed by atoms with Crippen LogP contribution in [0.2, 0.25) is 5.02 Å². The summed E-state index contributed by atoms with van der Waals surface area (Å²) < 4.78 is 0.891. The summed E-state index contributed by atoms with van der Waals surface area (Å²) in [6.07, 6.45) is 3.25. The Kier molecular flexibility index (Phi) is 3.74. The summed E-state index contributed by atoms with van der Waals surface area (Å²) >= 11 is 9.33. The molecule has 0 atom stereocenters. The summed E-state index contributed by atoms with van der Waals surface area (Å²) in [6.45, 7) is 0.653. The molecule has 1 N–H and O–H groups in total. The van der Waals surface area contributed by atoms with E-state index in [0.29, 0.717) is 11.6 Å². The van der Waals surface area contributed by atoms with Gasteiger partial charge in [0.25, 0.3) is 0 Å². The molecule has 0 radical (unpaired) electrons. The number of hydrogen-bond donors (Lipinski definition) is 1. The maximum atomic E-state index is 5.98. The number of benzene rings is 1. The summed E-state index contributed by atoms with van der Waals surface area (Å²) in [5.74, 6) is 0. The van der Waals surface area contributed by atoms with E-state index >= 15 is 0 Å². The minimum absolute atomic E-state index is 0.653. The maximum Gasteiger partial charge on any atom is 0.115 e. The Hall–Kier alpha value is -1.13. The molecule has 1 heterocycles. The van der Waals surface area contributed by atoms with Gasteiger partial charge in [0.15, 0.2) is 0 Å². The summed E-state index contributed by atoms with van der Waals surface area (Å²) in [6, 6.07) is 7.60. The molecule has 0 amide bonds. The van der Waals surface area contributed by atoms with E-state index in [1.54, 1.807) is 6.20 Å². The summed E-state index contributed by atoms with van der Waals surface area (Å²) in [5, 5.41) is 3.92. The number of aromatic nitrogens is 2. The van der Waals surface area contributed by atoms with E-state index in [9.17, 15) is 0 Å². The van der Waals surface area contributed by atoms with Crippen LogP contribution in [0.1, 0.15) is 5.69 Å². The van der Waals surface area contributed by atoms with Crippen LogP contribution in [0.15, 0.2) is 41.3 Å². The minimum Gasteiger partial charge on any atom is -0.379 e. The van der Waals surface area contributed by atoms with Crippen LogP contribution in [0.3, 0.4) is 0 Å². The Morgan fingerprint density at radius 2 is 2.19 bits per heavy atom. The van der Waals surface area contributed by atoms with Crippen molar-refractivity contribution in [1.29, 1.82) is 0 Å². The Balaban J connectivity index is 2.03. The molecule has 2 aromatic rings. The number of anilines is 1. The van der Waals surface area contributed by atoms with Gasteiger partial charge in [-0.3, -0.25) is 0 Å². The van der Waals surface area contributed by atoms with Gasteiger partial charge < -0.3 is 5.32 Å². The predicted molar refractivity (Wildman–Crippen MR) is 68.5 cm³/mol. The van der Waals surface area contributed by atoms with Crippen molar-refractivity contribution >= 4 is 33.2 Å². The molecule has 0 bridgehead atoms. The molecule has 0 aliphatic heterocycles. The van der Waals surface area contributed by atoms with Crippen LogP contribution in [0.4, 0.5) is 5.69 Å². The highest BCUT2D eigenvalue weighted by atomic mass is 79.9. The average Bonchev–Trinajstić information content (AvgIpc) is 2.32. The molecular weight excluding hydrogens is 289 g/mol. The standard InChI is InChI=1S/C11H9BrClN3/c12-10-2-1-8(5-11(10)13)15-6-9-3-4-14-7-16-9/h1-5,7,15H,6H2. The third-order valence-electron chi connectivity index (χ3n) is 2.04. The lowest BCUT2D eigenvalue weighted by molar-refractivity contribution is 1.01. The van der Waals surface area contributed by atoms with Crippen LogP contribution in [0.5, 0.6) is 0 Å². The number of halogens is 2.